The first-order valence-electron chi connectivity index (χ1n) is 11.0. The molecule has 0 saturated heterocycles. The lowest BCUT2D eigenvalue weighted by molar-refractivity contribution is 0.306. The third-order valence-corrected chi connectivity index (χ3v) is 5.30. The summed E-state index contributed by atoms with van der Waals surface area (Å²) in [5.74, 6) is 0.602. The Morgan fingerprint density at radius 3 is 1.90 bits per heavy atom. The molecular weight excluding hydrogens is 383 g/mol. The molecule has 0 bridgehead atoms. The van der Waals surface area contributed by atoms with Crippen LogP contribution in [0.5, 0.6) is 5.75 Å². The second-order valence-electron chi connectivity index (χ2n) is 7.66. The number of hydrogen-bond acceptors (Lipinski definition) is 1. The van der Waals surface area contributed by atoms with Crippen LogP contribution in [0.25, 0.3) is 11.1 Å². The second-order valence-corrected chi connectivity index (χ2v) is 7.66. The largest absolute Gasteiger partial charge is 0.489 e. The maximum atomic E-state index is 14.6. The maximum absolute atomic E-state index is 14.6. The summed E-state index contributed by atoms with van der Waals surface area (Å²) in [7, 11) is 0. The third-order valence-electron chi connectivity index (χ3n) is 5.30. The molecule has 1 nitrogen and oxygen atoms in total. The lowest BCUT2D eigenvalue weighted by Crippen LogP contribution is -1.96. The van der Waals surface area contributed by atoms with Gasteiger partial charge in [-0.05, 0) is 80.0 Å². The number of benzene rings is 3. The molecule has 0 unspecified atom stereocenters. The van der Waals surface area contributed by atoms with E-state index < -0.39 is 0 Å². The van der Waals surface area contributed by atoms with E-state index >= 15 is 0 Å². The van der Waals surface area contributed by atoms with Crippen molar-refractivity contribution in [2.24, 2.45) is 0 Å². The highest BCUT2D eigenvalue weighted by Gasteiger charge is 2.07. The van der Waals surface area contributed by atoms with E-state index in [4.69, 9.17) is 4.74 Å². The minimum absolute atomic E-state index is 0.179. The summed E-state index contributed by atoms with van der Waals surface area (Å²) in [6.07, 6.45) is 12.3. The summed E-state index contributed by atoms with van der Waals surface area (Å²) in [5.41, 5.74) is 4.97. The quantitative estimate of drug-likeness (QED) is 0.305. The predicted octanol–water partition coefficient (Wildman–Crippen LogP) is 8.09. The minimum atomic E-state index is -0.179. The molecule has 0 fully saturated rings. The van der Waals surface area contributed by atoms with Gasteiger partial charge in [-0.2, -0.15) is 0 Å². The Bertz CT molecular complexity index is 998. The summed E-state index contributed by atoms with van der Waals surface area (Å²) >= 11 is 0. The maximum Gasteiger partial charge on any atom is 0.131 e. The van der Waals surface area contributed by atoms with Gasteiger partial charge in [-0.3, -0.25) is 0 Å². The van der Waals surface area contributed by atoms with Gasteiger partial charge in [0.1, 0.15) is 18.2 Å². The zero-order valence-electron chi connectivity index (χ0n) is 18.5. The van der Waals surface area contributed by atoms with E-state index in [0.717, 1.165) is 48.1 Å². The van der Waals surface area contributed by atoms with Crippen LogP contribution in [0.4, 0.5) is 4.39 Å². The van der Waals surface area contributed by atoms with Gasteiger partial charge in [0, 0.05) is 5.56 Å². The summed E-state index contributed by atoms with van der Waals surface area (Å²) in [4.78, 5) is 0. The van der Waals surface area contributed by atoms with E-state index in [1.165, 1.54) is 5.56 Å². The third kappa shape index (κ3) is 6.96. The van der Waals surface area contributed by atoms with Crippen molar-refractivity contribution in [3.8, 4) is 16.9 Å². The van der Waals surface area contributed by atoms with Gasteiger partial charge in [0.15, 0.2) is 0 Å². The smallest absolute Gasteiger partial charge is 0.131 e. The molecule has 3 rings (SSSR count). The van der Waals surface area contributed by atoms with Crippen molar-refractivity contribution in [1.29, 1.82) is 0 Å². The van der Waals surface area contributed by atoms with E-state index in [-0.39, 0.29) is 5.82 Å². The van der Waals surface area contributed by atoms with E-state index in [0.29, 0.717) is 12.2 Å². The number of halogens is 1. The average Bonchev–Trinajstić information content (AvgIpc) is 2.79. The highest BCUT2D eigenvalue weighted by atomic mass is 19.1. The predicted molar refractivity (Wildman–Crippen MR) is 129 cm³/mol. The van der Waals surface area contributed by atoms with Crippen molar-refractivity contribution >= 4 is 0 Å². The van der Waals surface area contributed by atoms with Crippen molar-refractivity contribution in [2.75, 3.05) is 0 Å². The molecule has 0 aliphatic carbocycles. The SMILES string of the molecule is C/C=C/CCc1ccc(COc2ccc(-c3ccc(CC/C=C/C)cc3F)cc2)cc1. The number of allylic oxidation sites excluding steroid dienone is 4. The van der Waals surface area contributed by atoms with Gasteiger partial charge < -0.3 is 4.74 Å². The zero-order chi connectivity index (χ0) is 21.9. The first-order chi connectivity index (χ1) is 15.2. The van der Waals surface area contributed by atoms with Crippen LogP contribution in [0, 0.1) is 5.82 Å². The van der Waals surface area contributed by atoms with Crippen LogP contribution in [0.2, 0.25) is 0 Å². The molecule has 3 aromatic carbocycles. The molecule has 0 radical (unpaired) electrons. The lowest BCUT2D eigenvalue weighted by Gasteiger charge is -2.09. The second kappa shape index (κ2) is 11.9. The summed E-state index contributed by atoms with van der Waals surface area (Å²) < 4.78 is 20.5. The molecule has 160 valence electrons. The first kappa shape index (κ1) is 22.6. The van der Waals surface area contributed by atoms with Crippen molar-refractivity contribution in [3.05, 3.63) is 114 Å². The molecule has 0 aliphatic heterocycles. The molecule has 0 N–H and O–H groups in total. The van der Waals surface area contributed by atoms with Crippen LogP contribution in [-0.2, 0) is 19.4 Å². The Morgan fingerprint density at radius 2 is 1.29 bits per heavy atom. The molecule has 0 saturated carbocycles. The Morgan fingerprint density at radius 1 is 0.710 bits per heavy atom. The van der Waals surface area contributed by atoms with Crippen LogP contribution >= 0.6 is 0 Å². The highest BCUT2D eigenvalue weighted by molar-refractivity contribution is 5.65. The Balaban J connectivity index is 1.56. The van der Waals surface area contributed by atoms with Gasteiger partial charge >= 0.3 is 0 Å². The Kier molecular flexibility index (Phi) is 8.66. The van der Waals surface area contributed by atoms with E-state index in [1.807, 2.05) is 56.3 Å². The fourth-order valence-corrected chi connectivity index (χ4v) is 3.48. The molecular formula is C29H31FO. The standard InChI is InChI=1S/C29H31FO/c1-3-5-7-9-23-11-13-25(14-12-23)22-31-27-18-16-26(17-19-27)28-20-15-24(21-29(28)30)10-8-6-4-2/h3-6,11-21H,7-10,22H2,1-2H3/b5-3+,6-4+. The average molecular weight is 415 g/mol. The molecule has 0 aromatic heterocycles. The lowest BCUT2D eigenvalue weighted by atomic mass is 10.0. The molecule has 31 heavy (non-hydrogen) atoms. The molecule has 2 heteroatoms. The summed E-state index contributed by atoms with van der Waals surface area (Å²) in [5, 5.41) is 0. The van der Waals surface area contributed by atoms with E-state index in [2.05, 4.69) is 42.5 Å². The number of rotatable bonds is 10. The molecule has 0 aliphatic rings. The fourth-order valence-electron chi connectivity index (χ4n) is 3.48. The van der Waals surface area contributed by atoms with E-state index in [1.54, 1.807) is 6.07 Å². The van der Waals surface area contributed by atoms with Gasteiger partial charge in [0.25, 0.3) is 0 Å². The van der Waals surface area contributed by atoms with Crippen LogP contribution in [-0.4, -0.2) is 0 Å². The van der Waals surface area contributed by atoms with Gasteiger partial charge in [-0.25, -0.2) is 4.39 Å². The van der Waals surface area contributed by atoms with Crippen LogP contribution in [0.15, 0.2) is 91.0 Å². The minimum Gasteiger partial charge on any atom is -0.489 e. The summed E-state index contributed by atoms with van der Waals surface area (Å²) in [6.45, 7) is 4.57. The molecule has 0 spiro atoms. The number of ether oxygens (including phenoxy) is 1. The van der Waals surface area contributed by atoms with E-state index in [9.17, 15) is 4.39 Å². The number of aryl methyl sites for hydroxylation is 2. The zero-order valence-corrected chi connectivity index (χ0v) is 18.5. The molecule has 0 atom stereocenters. The fraction of sp³-hybridized carbons (Fsp3) is 0.241. The Hall–Kier alpha value is -3.13. The monoisotopic (exact) mass is 414 g/mol. The van der Waals surface area contributed by atoms with Gasteiger partial charge in [-0.15, -0.1) is 0 Å². The van der Waals surface area contributed by atoms with Crippen LogP contribution in [0.1, 0.15) is 43.4 Å². The van der Waals surface area contributed by atoms with Gasteiger partial charge in [0.05, 0.1) is 0 Å². The van der Waals surface area contributed by atoms with Crippen LogP contribution < -0.4 is 4.74 Å². The highest BCUT2D eigenvalue weighted by Crippen LogP contribution is 2.26. The number of hydrogen-bond donors (Lipinski definition) is 0. The summed E-state index contributed by atoms with van der Waals surface area (Å²) in [6, 6.07) is 21.7. The van der Waals surface area contributed by atoms with Gasteiger partial charge in [-0.1, -0.05) is 72.8 Å². The molecule has 3 aromatic rings. The Labute approximate surface area is 185 Å². The normalized spacial score (nSPS) is 11.5. The molecule has 0 amide bonds. The van der Waals surface area contributed by atoms with Crippen LogP contribution in [0.3, 0.4) is 0 Å². The first-order valence-corrected chi connectivity index (χ1v) is 11.0. The van der Waals surface area contributed by atoms with Crippen molar-refractivity contribution < 1.29 is 9.13 Å². The molecule has 0 heterocycles. The van der Waals surface area contributed by atoms with Crippen molar-refractivity contribution in [3.63, 3.8) is 0 Å². The van der Waals surface area contributed by atoms with Crippen molar-refractivity contribution in [1.82, 2.24) is 0 Å². The van der Waals surface area contributed by atoms with Crippen molar-refractivity contribution in [2.45, 2.75) is 46.1 Å². The topological polar surface area (TPSA) is 9.23 Å². The van der Waals surface area contributed by atoms with Gasteiger partial charge in [0.2, 0.25) is 0 Å².